The normalized spacial score (nSPS) is 12.5. The number of ether oxygens (including phenoxy) is 1. The van der Waals surface area contributed by atoms with Gasteiger partial charge in [0.25, 0.3) is 0 Å². The predicted octanol–water partition coefficient (Wildman–Crippen LogP) is 6.68. The lowest BCUT2D eigenvalue weighted by atomic mass is 9.92. The number of para-hydroxylation sites is 2. The summed E-state index contributed by atoms with van der Waals surface area (Å²) in [6.07, 6.45) is 2.87. The first-order chi connectivity index (χ1) is 18.1. The van der Waals surface area contributed by atoms with Crippen molar-refractivity contribution in [1.29, 1.82) is 0 Å². The topological polar surface area (TPSA) is 131 Å². The van der Waals surface area contributed by atoms with Gasteiger partial charge >= 0.3 is 6.09 Å². The van der Waals surface area contributed by atoms with Crippen molar-refractivity contribution in [2.45, 2.75) is 32.8 Å². The number of phenolic OH excluding ortho intramolecular Hbond substituents is 1. The van der Waals surface area contributed by atoms with Crippen LogP contribution in [0, 0.1) is 9.49 Å². The number of aromatic hydroxyl groups is 1. The fraction of sp³-hybridized carbons (Fsp3) is 0.207. The minimum absolute atomic E-state index is 0.0243. The number of halogens is 1. The summed E-state index contributed by atoms with van der Waals surface area (Å²) in [5.74, 6) is -0.537. The summed E-state index contributed by atoms with van der Waals surface area (Å²) in [6, 6.07) is 18.6. The zero-order valence-corrected chi connectivity index (χ0v) is 23.3. The highest BCUT2D eigenvalue weighted by Crippen LogP contribution is 2.36. The first-order valence-corrected chi connectivity index (χ1v) is 13.1. The van der Waals surface area contributed by atoms with Crippen molar-refractivity contribution in [1.82, 2.24) is 0 Å². The average Bonchev–Trinajstić information content (AvgIpc) is 2.88. The van der Waals surface area contributed by atoms with Gasteiger partial charge in [-0.1, -0.05) is 25.1 Å². The van der Waals surface area contributed by atoms with E-state index in [-0.39, 0.29) is 23.4 Å². The van der Waals surface area contributed by atoms with Gasteiger partial charge in [0.05, 0.1) is 11.4 Å². The number of hydrogen-bond acceptors (Lipinski definition) is 6. The molecule has 2 amide bonds. The molecule has 3 rings (SSSR count). The molecule has 38 heavy (non-hydrogen) atoms. The van der Waals surface area contributed by atoms with Crippen LogP contribution in [0.2, 0.25) is 0 Å². The van der Waals surface area contributed by atoms with Gasteiger partial charge in [0, 0.05) is 20.4 Å². The van der Waals surface area contributed by atoms with E-state index in [2.05, 4.69) is 33.2 Å². The van der Waals surface area contributed by atoms with Gasteiger partial charge in [0.2, 0.25) is 5.91 Å². The molecule has 0 aliphatic heterocycles. The van der Waals surface area contributed by atoms with Gasteiger partial charge in [-0.25, -0.2) is 4.79 Å². The minimum Gasteiger partial charge on any atom is -0.508 e. The zero-order chi connectivity index (χ0) is 27.7. The monoisotopic (exact) mass is 627 g/mol. The summed E-state index contributed by atoms with van der Waals surface area (Å²) in [5.41, 5.74) is 8.39. The van der Waals surface area contributed by atoms with E-state index in [0.717, 1.165) is 3.57 Å². The Bertz CT molecular complexity index is 1320. The number of nitrogens with one attached hydrogen (secondary N) is 2. The van der Waals surface area contributed by atoms with Crippen LogP contribution < -0.4 is 16.4 Å². The Balaban J connectivity index is 1.66. The Hall–Kier alpha value is -3.86. The molecule has 0 aliphatic carbocycles. The summed E-state index contributed by atoms with van der Waals surface area (Å²) in [7, 11) is 0. The maximum absolute atomic E-state index is 12.8. The van der Waals surface area contributed by atoms with Crippen LogP contribution in [0.5, 0.6) is 5.75 Å². The number of allylic oxidation sites excluding steroid dienone is 1. The highest BCUT2D eigenvalue weighted by Gasteiger charge is 2.26. The molecule has 0 unspecified atom stereocenters. The van der Waals surface area contributed by atoms with Crippen LogP contribution in [0.1, 0.15) is 48.7 Å². The standard InChI is InChI=1S/C29H30IN3O5/c1-18(7-3-6-10-27(36)33-25-9-5-4-8-24(25)31)28(23-17-21(30)13-16-26(23)35)38-29(37)32-22-14-11-20(12-15-22)19(2)34/h4-6,8-18,28,35H,3,7,31H2,1-2H3,(H,32,37)(H,33,36)/b10-6+/t18-,28+/m0/s1. The first kappa shape index (κ1) is 28.7. The second kappa shape index (κ2) is 13.6. The average molecular weight is 627 g/mol. The molecule has 0 fully saturated rings. The molecule has 0 aromatic heterocycles. The van der Waals surface area contributed by atoms with Crippen LogP contribution in [0.4, 0.5) is 21.9 Å². The summed E-state index contributed by atoms with van der Waals surface area (Å²) in [6.45, 7) is 3.38. The molecule has 9 heteroatoms. The number of Topliss-reactive ketones (excluding diaryl/α,β-unsaturated/α-hetero) is 1. The van der Waals surface area contributed by atoms with Gasteiger partial charge in [-0.15, -0.1) is 0 Å². The fourth-order valence-electron chi connectivity index (χ4n) is 3.78. The van der Waals surface area contributed by atoms with Crippen molar-refractivity contribution in [2.24, 2.45) is 5.92 Å². The number of amides is 2. The lowest BCUT2D eigenvalue weighted by Crippen LogP contribution is -2.22. The molecule has 0 saturated carbocycles. The smallest absolute Gasteiger partial charge is 0.412 e. The van der Waals surface area contributed by atoms with Crippen LogP contribution in [-0.2, 0) is 9.53 Å². The van der Waals surface area contributed by atoms with Gasteiger partial charge in [-0.2, -0.15) is 0 Å². The summed E-state index contributed by atoms with van der Waals surface area (Å²) in [4.78, 5) is 36.5. The molecule has 0 bridgehead atoms. The fourth-order valence-corrected chi connectivity index (χ4v) is 4.29. The van der Waals surface area contributed by atoms with Crippen molar-refractivity contribution < 1.29 is 24.2 Å². The number of phenols is 1. The maximum atomic E-state index is 12.8. The summed E-state index contributed by atoms with van der Waals surface area (Å²) < 4.78 is 6.67. The van der Waals surface area contributed by atoms with Crippen LogP contribution in [0.3, 0.4) is 0 Å². The molecule has 0 heterocycles. The Morgan fingerprint density at radius 2 is 1.76 bits per heavy atom. The Labute approximate surface area is 235 Å². The molecule has 0 spiro atoms. The molecule has 3 aromatic rings. The van der Waals surface area contributed by atoms with Gasteiger partial charge in [0.15, 0.2) is 5.78 Å². The number of hydrogen-bond donors (Lipinski definition) is 4. The van der Waals surface area contributed by atoms with E-state index < -0.39 is 12.2 Å². The largest absolute Gasteiger partial charge is 0.508 e. The van der Waals surface area contributed by atoms with Crippen molar-refractivity contribution in [2.75, 3.05) is 16.4 Å². The van der Waals surface area contributed by atoms with Crippen molar-refractivity contribution in [3.05, 3.63) is 93.6 Å². The number of anilines is 3. The lowest BCUT2D eigenvalue weighted by Gasteiger charge is -2.25. The number of nitrogens with two attached hydrogens (primary N) is 1. The number of carbonyl (C=O) groups excluding carboxylic acids is 3. The molecule has 3 aromatic carbocycles. The van der Waals surface area contributed by atoms with Crippen molar-refractivity contribution in [3.8, 4) is 5.75 Å². The number of nitrogen functional groups attached to an aromatic ring is 1. The lowest BCUT2D eigenvalue weighted by molar-refractivity contribution is -0.111. The van der Waals surface area contributed by atoms with Gasteiger partial charge < -0.3 is 20.9 Å². The summed E-state index contributed by atoms with van der Waals surface area (Å²) in [5, 5.41) is 15.9. The SMILES string of the molecule is CC(=O)c1ccc(NC(=O)O[C@@H](c2cc(I)ccc2O)[C@@H](C)CC/C=C/C(=O)Nc2ccccc2N)cc1. The van der Waals surface area contributed by atoms with E-state index in [1.54, 1.807) is 72.8 Å². The Morgan fingerprint density at radius 1 is 1.05 bits per heavy atom. The number of rotatable bonds is 10. The number of benzene rings is 3. The number of ketones is 1. The first-order valence-electron chi connectivity index (χ1n) is 12.0. The third-order valence-electron chi connectivity index (χ3n) is 5.86. The number of carbonyl (C=O) groups is 3. The minimum atomic E-state index is -0.743. The van der Waals surface area contributed by atoms with Crippen molar-refractivity contribution >= 4 is 57.4 Å². The van der Waals surface area contributed by atoms with Crippen LogP contribution in [-0.4, -0.2) is 22.9 Å². The second-order valence-corrected chi connectivity index (χ2v) is 10.1. The molecular weight excluding hydrogens is 597 g/mol. The van der Waals surface area contributed by atoms with E-state index in [0.29, 0.717) is 41.0 Å². The van der Waals surface area contributed by atoms with E-state index in [9.17, 15) is 19.5 Å². The predicted molar refractivity (Wildman–Crippen MR) is 157 cm³/mol. The Morgan fingerprint density at radius 3 is 2.45 bits per heavy atom. The van der Waals surface area contributed by atoms with Crippen molar-refractivity contribution in [3.63, 3.8) is 0 Å². The van der Waals surface area contributed by atoms with Gasteiger partial charge in [0.1, 0.15) is 11.9 Å². The summed E-state index contributed by atoms with van der Waals surface area (Å²) >= 11 is 2.13. The highest BCUT2D eigenvalue weighted by atomic mass is 127. The van der Waals surface area contributed by atoms with E-state index in [1.165, 1.54) is 13.0 Å². The molecular formula is C29H30IN3O5. The Kier molecular flexibility index (Phi) is 10.3. The van der Waals surface area contributed by atoms with Gasteiger partial charge in [-0.05, 0) is 109 Å². The van der Waals surface area contributed by atoms with E-state index >= 15 is 0 Å². The van der Waals surface area contributed by atoms with Crippen LogP contribution in [0.25, 0.3) is 0 Å². The highest BCUT2D eigenvalue weighted by molar-refractivity contribution is 14.1. The third-order valence-corrected chi connectivity index (χ3v) is 6.53. The third kappa shape index (κ3) is 8.34. The molecule has 5 N–H and O–H groups in total. The van der Waals surface area contributed by atoms with Crippen LogP contribution >= 0.6 is 22.6 Å². The van der Waals surface area contributed by atoms with E-state index in [4.69, 9.17) is 10.5 Å². The second-order valence-electron chi connectivity index (χ2n) is 8.82. The molecule has 8 nitrogen and oxygen atoms in total. The van der Waals surface area contributed by atoms with E-state index in [1.807, 2.05) is 6.92 Å². The maximum Gasteiger partial charge on any atom is 0.412 e. The molecule has 0 aliphatic rings. The van der Waals surface area contributed by atoms with Crippen LogP contribution in [0.15, 0.2) is 78.9 Å². The molecule has 198 valence electrons. The zero-order valence-electron chi connectivity index (χ0n) is 21.1. The van der Waals surface area contributed by atoms with Gasteiger partial charge in [-0.3, -0.25) is 14.9 Å². The molecule has 0 radical (unpaired) electrons. The quantitative estimate of drug-likeness (QED) is 0.0859. The molecule has 2 atom stereocenters. The molecule has 0 saturated heterocycles.